The van der Waals surface area contributed by atoms with Crippen LogP contribution in [0.4, 0.5) is 4.39 Å². The largest absolute Gasteiger partial charge is 0.389 e. The molecule has 0 spiro atoms. The molecular formula is C27H23FO4. The topological polar surface area (TPSA) is 71.4 Å². The molecule has 32 heavy (non-hydrogen) atoms. The van der Waals surface area contributed by atoms with Crippen molar-refractivity contribution in [2.75, 3.05) is 0 Å². The van der Waals surface area contributed by atoms with Crippen LogP contribution in [0, 0.1) is 17.7 Å². The maximum atomic E-state index is 13.7. The Kier molecular flexibility index (Phi) is 5.85. The van der Waals surface area contributed by atoms with Crippen molar-refractivity contribution in [1.29, 1.82) is 0 Å². The highest BCUT2D eigenvalue weighted by molar-refractivity contribution is 6.13. The molecule has 0 saturated heterocycles. The lowest BCUT2D eigenvalue weighted by atomic mass is 9.58. The normalized spacial score (nSPS) is 25.3. The molecule has 1 aliphatic rings. The Morgan fingerprint density at radius 1 is 0.844 bits per heavy atom. The Morgan fingerprint density at radius 2 is 1.34 bits per heavy atom. The summed E-state index contributed by atoms with van der Waals surface area (Å²) in [5.74, 6) is -4.84. The van der Waals surface area contributed by atoms with Gasteiger partial charge in [0.05, 0.1) is 17.4 Å². The molecule has 162 valence electrons. The molecule has 0 radical (unpaired) electrons. The molecule has 1 fully saturated rings. The molecule has 3 aromatic carbocycles. The van der Waals surface area contributed by atoms with Gasteiger partial charge in [-0.3, -0.25) is 14.4 Å². The summed E-state index contributed by atoms with van der Waals surface area (Å²) in [6.07, 6.45) is -0.322. The van der Waals surface area contributed by atoms with Crippen molar-refractivity contribution in [1.82, 2.24) is 0 Å². The highest BCUT2D eigenvalue weighted by atomic mass is 19.1. The van der Waals surface area contributed by atoms with Crippen LogP contribution >= 0.6 is 0 Å². The highest BCUT2D eigenvalue weighted by Crippen LogP contribution is 2.48. The number of rotatable bonds is 5. The summed E-state index contributed by atoms with van der Waals surface area (Å²) in [7, 11) is 0. The molecule has 0 aliphatic heterocycles. The van der Waals surface area contributed by atoms with Crippen LogP contribution in [-0.2, 0) is 4.79 Å². The third-order valence-corrected chi connectivity index (χ3v) is 6.20. The Hall–Kier alpha value is -3.44. The Labute approximate surface area is 185 Å². The SMILES string of the molecule is CC1(O)CC(=O)C(C(=O)c2ccccc2)C(c2ccc(F)cc2)C1C(=O)c1ccccc1. The zero-order valence-electron chi connectivity index (χ0n) is 17.6. The first-order valence-corrected chi connectivity index (χ1v) is 10.5. The average Bonchev–Trinajstić information content (AvgIpc) is 2.79. The second-order valence-electron chi connectivity index (χ2n) is 8.49. The quantitative estimate of drug-likeness (QED) is 0.473. The van der Waals surface area contributed by atoms with Gasteiger partial charge >= 0.3 is 0 Å². The van der Waals surface area contributed by atoms with Gasteiger partial charge in [0.1, 0.15) is 11.6 Å². The first-order valence-electron chi connectivity index (χ1n) is 10.5. The van der Waals surface area contributed by atoms with Crippen LogP contribution in [0.3, 0.4) is 0 Å². The van der Waals surface area contributed by atoms with Crippen LogP contribution in [0.15, 0.2) is 84.9 Å². The molecule has 0 aromatic heterocycles. The lowest BCUT2D eigenvalue weighted by molar-refractivity contribution is -0.134. The summed E-state index contributed by atoms with van der Waals surface area (Å²) in [5.41, 5.74) is -0.477. The maximum absolute atomic E-state index is 13.7. The summed E-state index contributed by atoms with van der Waals surface area (Å²) in [5, 5.41) is 11.3. The lowest BCUT2D eigenvalue weighted by Gasteiger charge is -2.45. The molecule has 4 atom stereocenters. The van der Waals surface area contributed by atoms with E-state index in [-0.39, 0.29) is 12.2 Å². The van der Waals surface area contributed by atoms with Crippen molar-refractivity contribution in [3.8, 4) is 0 Å². The molecule has 0 bridgehead atoms. The summed E-state index contributed by atoms with van der Waals surface area (Å²) in [6, 6.07) is 22.3. The van der Waals surface area contributed by atoms with Gasteiger partial charge in [-0.15, -0.1) is 0 Å². The number of benzene rings is 3. The molecule has 4 nitrogen and oxygen atoms in total. The van der Waals surface area contributed by atoms with E-state index in [4.69, 9.17) is 0 Å². The Bertz CT molecular complexity index is 1140. The van der Waals surface area contributed by atoms with E-state index < -0.39 is 40.7 Å². The van der Waals surface area contributed by atoms with Gasteiger partial charge in [0.2, 0.25) is 0 Å². The standard InChI is InChI=1S/C27H23FO4/c1-27(32)16-21(29)23(25(30)18-8-4-2-5-9-18)22(17-12-14-20(28)15-13-17)24(27)26(31)19-10-6-3-7-11-19/h2-15,22-24,32H,16H2,1H3. The van der Waals surface area contributed by atoms with Crippen LogP contribution in [0.1, 0.15) is 45.5 Å². The van der Waals surface area contributed by atoms with Crippen molar-refractivity contribution < 1.29 is 23.9 Å². The highest BCUT2D eigenvalue weighted by Gasteiger charge is 2.55. The molecule has 4 rings (SSSR count). The number of hydrogen-bond acceptors (Lipinski definition) is 4. The maximum Gasteiger partial charge on any atom is 0.173 e. The van der Waals surface area contributed by atoms with Gasteiger partial charge in [0.15, 0.2) is 11.6 Å². The molecule has 5 heteroatoms. The predicted octanol–water partition coefficient (Wildman–Crippen LogP) is 4.63. The second-order valence-corrected chi connectivity index (χ2v) is 8.49. The number of hydrogen-bond donors (Lipinski definition) is 1. The molecule has 0 amide bonds. The van der Waals surface area contributed by atoms with Gasteiger partial charge < -0.3 is 5.11 Å². The monoisotopic (exact) mass is 430 g/mol. The van der Waals surface area contributed by atoms with Crippen LogP contribution < -0.4 is 0 Å². The number of carbonyl (C=O) groups excluding carboxylic acids is 3. The van der Waals surface area contributed by atoms with Crippen LogP contribution in [0.25, 0.3) is 0 Å². The van der Waals surface area contributed by atoms with Crippen LogP contribution in [0.5, 0.6) is 0 Å². The van der Waals surface area contributed by atoms with Gasteiger partial charge in [0.25, 0.3) is 0 Å². The number of Topliss-reactive ketones (excluding diaryl/α,β-unsaturated/α-hetero) is 3. The van der Waals surface area contributed by atoms with Crippen molar-refractivity contribution in [3.05, 3.63) is 107 Å². The Morgan fingerprint density at radius 3 is 1.88 bits per heavy atom. The van der Waals surface area contributed by atoms with Gasteiger partial charge in [-0.2, -0.15) is 0 Å². The van der Waals surface area contributed by atoms with Crippen LogP contribution in [-0.4, -0.2) is 28.1 Å². The molecule has 0 heterocycles. The predicted molar refractivity (Wildman–Crippen MR) is 118 cm³/mol. The summed E-state index contributed by atoms with van der Waals surface area (Å²) in [6.45, 7) is 1.45. The fraction of sp³-hybridized carbons (Fsp3) is 0.222. The molecule has 3 aromatic rings. The van der Waals surface area contributed by atoms with Crippen molar-refractivity contribution in [2.45, 2.75) is 24.9 Å². The molecule has 1 aliphatic carbocycles. The van der Waals surface area contributed by atoms with Crippen molar-refractivity contribution in [2.24, 2.45) is 11.8 Å². The van der Waals surface area contributed by atoms with E-state index >= 15 is 0 Å². The second kappa shape index (κ2) is 8.60. The van der Waals surface area contributed by atoms with Crippen LogP contribution in [0.2, 0.25) is 0 Å². The van der Waals surface area contributed by atoms with Crippen molar-refractivity contribution in [3.63, 3.8) is 0 Å². The average molecular weight is 430 g/mol. The van der Waals surface area contributed by atoms with Gasteiger partial charge in [0, 0.05) is 23.5 Å². The minimum atomic E-state index is -1.67. The van der Waals surface area contributed by atoms with E-state index in [2.05, 4.69) is 0 Å². The minimum absolute atomic E-state index is 0.322. The fourth-order valence-corrected chi connectivity index (χ4v) is 4.74. The van der Waals surface area contributed by atoms with E-state index in [0.29, 0.717) is 16.7 Å². The van der Waals surface area contributed by atoms with E-state index in [1.54, 1.807) is 60.7 Å². The third-order valence-electron chi connectivity index (χ3n) is 6.20. The summed E-state index contributed by atoms with van der Waals surface area (Å²) in [4.78, 5) is 40.3. The van der Waals surface area contributed by atoms with E-state index in [0.717, 1.165) is 0 Å². The molecular weight excluding hydrogens is 407 g/mol. The molecule has 4 unspecified atom stereocenters. The first-order chi connectivity index (χ1) is 15.3. The van der Waals surface area contributed by atoms with Gasteiger partial charge in [-0.1, -0.05) is 72.8 Å². The molecule has 1 N–H and O–H groups in total. The Balaban J connectivity index is 1.89. The van der Waals surface area contributed by atoms with E-state index in [1.165, 1.54) is 31.2 Å². The minimum Gasteiger partial charge on any atom is -0.389 e. The summed E-state index contributed by atoms with van der Waals surface area (Å²) >= 11 is 0. The lowest BCUT2D eigenvalue weighted by Crippen LogP contribution is -2.54. The fourth-order valence-electron chi connectivity index (χ4n) is 4.74. The zero-order chi connectivity index (χ0) is 22.9. The number of halogens is 1. The first kappa shape index (κ1) is 21.8. The third kappa shape index (κ3) is 4.04. The summed E-state index contributed by atoms with van der Waals surface area (Å²) < 4.78 is 13.7. The number of aliphatic hydroxyl groups is 1. The zero-order valence-corrected chi connectivity index (χ0v) is 17.6. The van der Waals surface area contributed by atoms with E-state index in [9.17, 15) is 23.9 Å². The number of carbonyl (C=O) groups is 3. The number of ketones is 3. The van der Waals surface area contributed by atoms with Gasteiger partial charge in [-0.25, -0.2) is 4.39 Å². The molecule has 1 saturated carbocycles. The smallest absolute Gasteiger partial charge is 0.173 e. The van der Waals surface area contributed by atoms with Gasteiger partial charge in [-0.05, 0) is 24.6 Å². The van der Waals surface area contributed by atoms with Crippen molar-refractivity contribution >= 4 is 17.3 Å². The van der Waals surface area contributed by atoms with E-state index in [1.807, 2.05) is 0 Å².